The lowest BCUT2D eigenvalue weighted by Crippen LogP contribution is -2.39. The Hall–Kier alpha value is -1.07. The van der Waals surface area contributed by atoms with Crippen LogP contribution in [-0.4, -0.2) is 14.5 Å². The van der Waals surface area contributed by atoms with Gasteiger partial charge >= 0.3 is 0 Å². The van der Waals surface area contributed by atoms with Crippen LogP contribution in [0.25, 0.3) is 0 Å². The molecule has 1 aliphatic rings. The van der Waals surface area contributed by atoms with E-state index < -0.39 is 10.0 Å². The highest BCUT2D eigenvalue weighted by atomic mass is 32.2. The molecule has 0 aromatic heterocycles. The van der Waals surface area contributed by atoms with Gasteiger partial charge in [-0.1, -0.05) is 26.8 Å². The Balaban J connectivity index is 2.18. The Morgan fingerprint density at radius 2 is 1.90 bits per heavy atom. The number of hydrogen-bond acceptors (Lipinski definition) is 3. The predicted octanol–water partition coefficient (Wildman–Crippen LogP) is 3.08. The molecule has 5 heteroatoms. The van der Waals surface area contributed by atoms with E-state index in [1.54, 1.807) is 18.2 Å². The number of nitrogens with two attached hydrogens (primary N) is 1. The maximum Gasteiger partial charge on any atom is 0.241 e. The monoisotopic (exact) mass is 310 g/mol. The van der Waals surface area contributed by atoms with E-state index in [0.29, 0.717) is 22.4 Å². The highest BCUT2D eigenvalue weighted by molar-refractivity contribution is 7.89. The quantitative estimate of drug-likeness (QED) is 0.839. The highest BCUT2D eigenvalue weighted by Gasteiger charge is 2.30. The number of anilines is 1. The molecule has 21 heavy (non-hydrogen) atoms. The van der Waals surface area contributed by atoms with Gasteiger partial charge in [0, 0.05) is 11.7 Å². The minimum atomic E-state index is -3.49. The molecule has 0 atom stereocenters. The molecule has 1 aromatic carbocycles. The summed E-state index contributed by atoms with van der Waals surface area (Å²) in [6.07, 6.45) is 4.58. The van der Waals surface area contributed by atoms with Crippen molar-refractivity contribution in [2.24, 2.45) is 5.41 Å². The van der Waals surface area contributed by atoms with Crippen LogP contribution >= 0.6 is 0 Å². The van der Waals surface area contributed by atoms with Crippen LogP contribution in [0, 0.1) is 5.41 Å². The van der Waals surface area contributed by atoms with Crippen molar-refractivity contribution in [2.75, 3.05) is 5.73 Å². The molecule has 1 aliphatic carbocycles. The van der Waals surface area contributed by atoms with Crippen molar-refractivity contribution in [1.29, 1.82) is 0 Å². The van der Waals surface area contributed by atoms with E-state index >= 15 is 0 Å². The molecule has 0 heterocycles. The lowest BCUT2D eigenvalue weighted by molar-refractivity contribution is 0.218. The fourth-order valence-electron chi connectivity index (χ4n) is 2.91. The van der Waals surface area contributed by atoms with Gasteiger partial charge in [0.1, 0.15) is 0 Å². The number of aryl methyl sites for hydroxylation is 1. The molecule has 0 radical (unpaired) electrons. The molecule has 2 rings (SSSR count). The van der Waals surface area contributed by atoms with Crippen molar-refractivity contribution >= 4 is 15.7 Å². The van der Waals surface area contributed by atoms with Crippen LogP contribution in [0.4, 0.5) is 5.69 Å². The number of rotatable bonds is 4. The van der Waals surface area contributed by atoms with Gasteiger partial charge < -0.3 is 5.73 Å². The number of nitrogen functional groups attached to an aromatic ring is 1. The molecular weight excluding hydrogens is 284 g/mol. The van der Waals surface area contributed by atoms with Gasteiger partial charge in [-0.15, -0.1) is 0 Å². The zero-order valence-corrected chi connectivity index (χ0v) is 14.0. The summed E-state index contributed by atoms with van der Waals surface area (Å²) in [5.74, 6) is 0. The average molecular weight is 310 g/mol. The summed E-state index contributed by atoms with van der Waals surface area (Å²) >= 11 is 0. The second-order valence-corrected chi connectivity index (χ2v) is 8.46. The summed E-state index contributed by atoms with van der Waals surface area (Å²) in [5, 5.41) is 0. The van der Waals surface area contributed by atoms with Gasteiger partial charge in [0.25, 0.3) is 0 Å². The molecule has 118 valence electrons. The van der Waals surface area contributed by atoms with Crippen LogP contribution in [0.1, 0.15) is 52.0 Å². The predicted molar refractivity (Wildman–Crippen MR) is 86.6 cm³/mol. The first-order valence-electron chi connectivity index (χ1n) is 7.64. The third kappa shape index (κ3) is 3.98. The van der Waals surface area contributed by atoms with E-state index in [2.05, 4.69) is 18.6 Å². The third-order valence-corrected chi connectivity index (χ3v) is 6.03. The molecule has 1 aromatic rings. The Bertz CT molecular complexity index is 599. The second-order valence-electron chi connectivity index (χ2n) is 6.78. The van der Waals surface area contributed by atoms with Crippen LogP contribution in [0.15, 0.2) is 23.1 Å². The maximum absolute atomic E-state index is 12.6. The summed E-state index contributed by atoms with van der Waals surface area (Å²) in [5.41, 5.74) is 7.38. The van der Waals surface area contributed by atoms with Crippen molar-refractivity contribution in [3.63, 3.8) is 0 Å². The first kappa shape index (κ1) is 16.3. The molecule has 0 saturated heterocycles. The van der Waals surface area contributed by atoms with Gasteiger partial charge in [-0.05, 0) is 55.2 Å². The molecule has 3 N–H and O–H groups in total. The number of hydrogen-bond donors (Lipinski definition) is 2. The molecule has 1 fully saturated rings. The van der Waals surface area contributed by atoms with Crippen molar-refractivity contribution in [1.82, 2.24) is 4.72 Å². The van der Waals surface area contributed by atoms with Crippen LogP contribution in [-0.2, 0) is 16.4 Å². The van der Waals surface area contributed by atoms with E-state index in [9.17, 15) is 8.42 Å². The topological polar surface area (TPSA) is 72.2 Å². The summed E-state index contributed by atoms with van der Waals surface area (Å²) in [4.78, 5) is 0.329. The SMILES string of the molecule is CCc1ccc(N)cc1S(=O)(=O)NC1CCC(C)(C)CC1. The highest BCUT2D eigenvalue weighted by Crippen LogP contribution is 2.35. The summed E-state index contributed by atoms with van der Waals surface area (Å²) in [6.45, 7) is 6.43. The largest absolute Gasteiger partial charge is 0.399 e. The number of nitrogens with one attached hydrogen (secondary N) is 1. The smallest absolute Gasteiger partial charge is 0.241 e. The minimum absolute atomic E-state index is 0.0363. The lowest BCUT2D eigenvalue weighted by Gasteiger charge is -2.34. The van der Waals surface area contributed by atoms with Gasteiger partial charge in [0.05, 0.1) is 4.90 Å². The van der Waals surface area contributed by atoms with Crippen molar-refractivity contribution < 1.29 is 8.42 Å². The third-order valence-electron chi connectivity index (χ3n) is 4.42. The Morgan fingerprint density at radius 3 is 2.48 bits per heavy atom. The molecule has 0 amide bonds. The second kappa shape index (κ2) is 5.97. The van der Waals surface area contributed by atoms with E-state index in [-0.39, 0.29) is 6.04 Å². The maximum atomic E-state index is 12.6. The minimum Gasteiger partial charge on any atom is -0.399 e. The molecule has 0 spiro atoms. The van der Waals surface area contributed by atoms with Gasteiger partial charge in [0.2, 0.25) is 10.0 Å². The lowest BCUT2D eigenvalue weighted by atomic mass is 9.76. The van der Waals surface area contributed by atoms with E-state index in [1.807, 2.05) is 6.92 Å². The van der Waals surface area contributed by atoms with Crippen molar-refractivity contribution in [2.45, 2.75) is 63.8 Å². The normalized spacial score (nSPS) is 19.6. The summed E-state index contributed by atoms with van der Waals surface area (Å²) in [7, 11) is -3.49. The first-order chi connectivity index (χ1) is 9.73. The Morgan fingerprint density at radius 1 is 1.29 bits per heavy atom. The van der Waals surface area contributed by atoms with Gasteiger partial charge in [-0.2, -0.15) is 0 Å². The standard InChI is InChI=1S/C16H26N2O2S/c1-4-12-5-6-13(17)11-15(12)21(19,20)18-14-7-9-16(2,3)10-8-14/h5-6,11,14,18H,4,7-10,17H2,1-3H3. The fraction of sp³-hybridized carbons (Fsp3) is 0.625. The van der Waals surface area contributed by atoms with Gasteiger partial charge in [0.15, 0.2) is 0 Å². The van der Waals surface area contributed by atoms with Gasteiger partial charge in [-0.3, -0.25) is 0 Å². The zero-order valence-electron chi connectivity index (χ0n) is 13.1. The molecule has 1 saturated carbocycles. The Labute approximate surface area is 128 Å². The van der Waals surface area contributed by atoms with E-state index in [1.165, 1.54) is 0 Å². The molecule has 0 aliphatic heterocycles. The summed E-state index contributed by atoms with van der Waals surface area (Å²) in [6, 6.07) is 5.15. The first-order valence-corrected chi connectivity index (χ1v) is 9.12. The average Bonchev–Trinajstić information content (AvgIpc) is 2.41. The number of sulfonamides is 1. The molecular formula is C16H26N2O2S. The van der Waals surface area contributed by atoms with E-state index in [4.69, 9.17) is 5.73 Å². The fourth-order valence-corrected chi connectivity index (χ4v) is 4.56. The van der Waals surface area contributed by atoms with Crippen LogP contribution < -0.4 is 10.5 Å². The molecule has 0 unspecified atom stereocenters. The van der Waals surface area contributed by atoms with Crippen molar-refractivity contribution in [3.8, 4) is 0 Å². The van der Waals surface area contributed by atoms with Gasteiger partial charge in [-0.25, -0.2) is 13.1 Å². The summed E-state index contributed by atoms with van der Waals surface area (Å²) < 4.78 is 28.1. The van der Waals surface area contributed by atoms with Crippen LogP contribution in [0.5, 0.6) is 0 Å². The zero-order chi connectivity index (χ0) is 15.7. The van der Waals surface area contributed by atoms with Crippen molar-refractivity contribution in [3.05, 3.63) is 23.8 Å². The van der Waals surface area contributed by atoms with Crippen LogP contribution in [0.3, 0.4) is 0 Å². The molecule has 0 bridgehead atoms. The molecule has 4 nitrogen and oxygen atoms in total. The number of benzene rings is 1. The van der Waals surface area contributed by atoms with E-state index in [0.717, 1.165) is 31.2 Å². The van der Waals surface area contributed by atoms with Crippen LogP contribution in [0.2, 0.25) is 0 Å². The Kier molecular flexibility index (Phi) is 4.63.